The minimum atomic E-state index is -0.197. The molecule has 0 saturated heterocycles. The number of rotatable bonds is 12. The standard InChI is InChI=1S/C50H52O6/c1-7-53-44-25-21-42(22-26-44)50(3,4)43-23-27-45(28-24-43)55-33-56-49-40-19-12-20-41(49)32-37-16-10-14-35(47(37)52-6)30-39-18-11-17-38(48(39)54-8-2)29-34-13-9-15-36(31-40)46(34)51-5/h9-28H,7-8,29-33H2,1-6H3. The van der Waals surface area contributed by atoms with E-state index in [1.54, 1.807) is 14.2 Å². The number of methoxy groups -OCH3 is 2. The highest BCUT2D eigenvalue weighted by molar-refractivity contribution is 5.56. The van der Waals surface area contributed by atoms with E-state index in [1.165, 1.54) is 11.1 Å². The highest BCUT2D eigenvalue weighted by Crippen LogP contribution is 2.39. The molecule has 0 radical (unpaired) electrons. The SMILES string of the molecule is CCOc1ccc(C(C)(C)c2ccc(OCOc3c4cccc3Cc3cccc(c3OC)Cc3cccc(c3OCC)Cc3cccc(c3OC)C4)cc2)cc1. The van der Waals surface area contributed by atoms with Crippen LogP contribution in [-0.4, -0.2) is 34.2 Å². The van der Waals surface area contributed by atoms with Crippen LogP contribution in [0.1, 0.15) is 83.3 Å². The molecule has 0 saturated carbocycles. The molecule has 288 valence electrons. The minimum Gasteiger partial charge on any atom is -0.496 e. The molecule has 0 spiro atoms. The molecule has 6 aromatic carbocycles. The number of fused-ring (bicyclic) bond motifs is 8. The zero-order valence-corrected chi connectivity index (χ0v) is 33.4. The first-order valence-electron chi connectivity index (χ1n) is 19.6. The first kappa shape index (κ1) is 38.4. The van der Waals surface area contributed by atoms with Gasteiger partial charge in [0.15, 0.2) is 0 Å². The Morgan fingerprint density at radius 2 is 0.714 bits per heavy atom. The monoisotopic (exact) mass is 748 g/mol. The predicted octanol–water partition coefficient (Wildman–Crippen LogP) is 10.9. The van der Waals surface area contributed by atoms with Crippen LogP contribution in [0.3, 0.4) is 0 Å². The molecule has 0 N–H and O–H groups in total. The molecular formula is C50H52O6. The van der Waals surface area contributed by atoms with Crippen LogP contribution in [0.4, 0.5) is 0 Å². The summed E-state index contributed by atoms with van der Waals surface area (Å²) in [5.74, 6) is 5.10. The second kappa shape index (κ2) is 17.3. The van der Waals surface area contributed by atoms with Crippen molar-refractivity contribution in [3.63, 3.8) is 0 Å². The number of benzene rings is 6. The fraction of sp³-hybridized carbons (Fsp3) is 0.280. The van der Waals surface area contributed by atoms with Crippen molar-refractivity contribution in [2.24, 2.45) is 0 Å². The summed E-state index contributed by atoms with van der Waals surface area (Å²) < 4.78 is 37.3. The van der Waals surface area contributed by atoms with E-state index in [9.17, 15) is 0 Å². The summed E-state index contributed by atoms with van der Waals surface area (Å²) in [6.07, 6.45) is 2.58. The second-order valence-electron chi connectivity index (χ2n) is 14.7. The van der Waals surface area contributed by atoms with Crippen molar-refractivity contribution in [1.29, 1.82) is 0 Å². The van der Waals surface area contributed by atoms with Crippen LogP contribution in [0, 0.1) is 0 Å². The van der Waals surface area contributed by atoms with Gasteiger partial charge in [-0.05, 0) is 93.7 Å². The molecule has 6 aromatic rings. The maximum absolute atomic E-state index is 6.65. The third kappa shape index (κ3) is 8.20. The molecule has 56 heavy (non-hydrogen) atoms. The number of hydrogen-bond acceptors (Lipinski definition) is 6. The van der Waals surface area contributed by atoms with E-state index < -0.39 is 0 Å². The molecule has 8 bridgehead atoms. The molecule has 0 unspecified atom stereocenters. The molecule has 7 rings (SSSR count). The van der Waals surface area contributed by atoms with Crippen molar-refractivity contribution in [2.75, 3.05) is 34.2 Å². The minimum absolute atomic E-state index is 0.0504. The zero-order valence-electron chi connectivity index (χ0n) is 33.4. The van der Waals surface area contributed by atoms with Gasteiger partial charge >= 0.3 is 0 Å². The van der Waals surface area contributed by atoms with Crippen LogP contribution >= 0.6 is 0 Å². The Morgan fingerprint density at radius 1 is 0.393 bits per heavy atom. The van der Waals surface area contributed by atoms with Crippen LogP contribution < -0.4 is 28.4 Å². The molecule has 0 fully saturated rings. The van der Waals surface area contributed by atoms with Gasteiger partial charge in [-0.3, -0.25) is 0 Å². The number of ether oxygens (including phenoxy) is 6. The molecule has 0 amide bonds. The molecule has 6 nitrogen and oxygen atoms in total. The van der Waals surface area contributed by atoms with Crippen LogP contribution in [-0.2, 0) is 31.1 Å². The fourth-order valence-corrected chi connectivity index (χ4v) is 7.95. The summed E-state index contributed by atoms with van der Waals surface area (Å²) in [5, 5.41) is 0. The average molecular weight is 749 g/mol. The Kier molecular flexibility index (Phi) is 11.9. The summed E-state index contributed by atoms with van der Waals surface area (Å²) in [4.78, 5) is 0. The van der Waals surface area contributed by atoms with Crippen molar-refractivity contribution in [3.8, 4) is 34.5 Å². The third-order valence-electron chi connectivity index (χ3n) is 10.8. The van der Waals surface area contributed by atoms with Gasteiger partial charge in [0.2, 0.25) is 6.79 Å². The number of hydrogen-bond donors (Lipinski definition) is 0. The van der Waals surface area contributed by atoms with Crippen molar-refractivity contribution in [1.82, 2.24) is 0 Å². The summed E-state index contributed by atoms with van der Waals surface area (Å²) >= 11 is 0. The van der Waals surface area contributed by atoms with E-state index in [0.29, 0.717) is 38.9 Å². The molecular weight excluding hydrogens is 697 g/mol. The van der Waals surface area contributed by atoms with Gasteiger partial charge in [-0.2, -0.15) is 0 Å². The van der Waals surface area contributed by atoms with Gasteiger partial charge < -0.3 is 28.4 Å². The average Bonchev–Trinajstić information content (AvgIpc) is 3.20. The van der Waals surface area contributed by atoms with Gasteiger partial charge in [0.25, 0.3) is 0 Å². The quantitative estimate of drug-likeness (QED) is 0.116. The largest absolute Gasteiger partial charge is 0.496 e. The Bertz CT molecular complexity index is 2160. The maximum Gasteiger partial charge on any atom is 0.230 e. The van der Waals surface area contributed by atoms with E-state index in [-0.39, 0.29) is 12.2 Å². The van der Waals surface area contributed by atoms with Crippen LogP contribution in [0.25, 0.3) is 0 Å². The van der Waals surface area contributed by atoms with Crippen LogP contribution in [0.2, 0.25) is 0 Å². The zero-order chi connectivity index (χ0) is 39.1. The maximum atomic E-state index is 6.65. The first-order valence-corrected chi connectivity index (χ1v) is 19.6. The van der Waals surface area contributed by atoms with E-state index in [1.807, 2.05) is 38.1 Å². The topological polar surface area (TPSA) is 55.4 Å². The van der Waals surface area contributed by atoms with Crippen LogP contribution in [0.5, 0.6) is 34.5 Å². The molecule has 0 atom stereocenters. The molecule has 0 heterocycles. The Hall–Kier alpha value is -5.88. The Balaban J connectivity index is 1.21. The van der Waals surface area contributed by atoms with E-state index in [0.717, 1.165) is 79.0 Å². The van der Waals surface area contributed by atoms with Crippen molar-refractivity contribution in [3.05, 3.63) is 177 Å². The van der Waals surface area contributed by atoms with Gasteiger partial charge in [-0.1, -0.05) is 111 Å². The molecule has 1 aliphatic carbocycles. The Labute approximate surface area is 332 Å². The molecule has 0 aliphatic heterocycles. The van der Waals surface area contributed by atoms with E-state index in [4.69, 9.17) is 28.4 Å². The molecule has 0 aromatic heterocycles. The van der Waals surface area contributed by atoms with Crippen molar-refractivity contribution >= 4 is 0 Å². The lowest BCUT2D eigenvalue weighted by molar-refractivity contribution is 0.118. The van der Waals surface area contributed by atoms with Gasteiger partial charge in [-0.25, -0.2) is 0 Å². The van der Waals surface area contributed by atoms with Crippen LogP contribution in [0.15, 0.2) is 121 Å². The summed E-state index contributed by atoms with van der Waals surface area (Å²) in [7, 11) is 3.51. The summed E-state index contributed by atoms with van der Waals surface area (Å²) in [6.45, 7) is 9.78. The predicted molar refractivity (Wildman–Crippen MR) is 224 cm³/mol. The van der Waals surface area contributed by atoms with Crippen molar-refractivity contribution in [2.45, 2.75) is 58.8 Å². The highest BCUT2D eigenvalue weighted by atomic mass is 16.7. The summed E-state index contributed by atoms with van der Waals surface area (Å²) in [5.41, 5.74) is 10.9. The van der Waals surface area contributed by atoms with Gasteiger partial charge in [0.1, 0.15) is 34.5 Å². The lowest BCUT2D eigenvalue weighted by Gasteiger charge is -2.26. The smallest absolute Gasteiger partial charge is 0.230 e. The third-order valence-corrected chi connectivity index (χ3v) is 10.8. The molecule has 6 heteroatoms. The highest BCUT2D eigenvalue weighted by Gasteiger charge is 2.24. The Morgan fingerprint density at radius 3 is 1.05 bits per heavy atom. The lowest BCUT2D eigenvalue weighted by Crippen LogP contribution is -2.18. The van der Waals surface area contributed by atoms with Gasteiger partial charge in [0.05, 0.1) is 27.4 Å². The normalized spacial score (nSPS) is 12.4. The first-order chi connectivity index (χ1) is 27.3. The fourth-order valence-electron chi connectivity index (χ4n) is 7.95. The number of para-hydroxylation sites is 4. The van der Waals surface area contributed by atoms with Crippen molar-refractivity contribution < 1.29 is 28.4 Å². The second-order valence-corrected chi connectivity index (χ2v) is 14.7. The van der Waals surface area contributed by atoms with E-state index in [2.05, 4.69) is 111 Å². The molecule has 1 aliphatic rings. The van der Waals surface area contributed by atoms with Gasteiger partial charge in [0, 0.05) is 31.1 Å². The van der Waals surface area contributed by atoms with E-state index >= 15 is 0 Å². The lowest BCUT2D eigenvalue weighted by atomic mass is 9.78. The summed E-state index contributed by atoms with van der Waals surface area (Å²) in [6, 6.07) is 42.3. The van der Waals surface area contributed by atoms with Gasteiger partial charge in [-0.15, -0.1) is 0 Å².